The number of ether oxygens (including phenoxy) is 1. The normalized spacial score (nSPS) is 20.0. The van der Waals surface area contributed by atoms with Crippen molar-refractivity contribution in [1.29, 1.82) is 0 Å². The summed E-state index contributed by atoms with van der Waals surface area (Å²) >= 11 is 0. The summed E-state index contributed by atoms with van der Waals surface area (Å²) in [6, 6.07) is 13.7. The van der Waals surface area contributed by atoms with Crippen LogP contribution >= 0.6 is 0 Å². The summed E-state index contributed by atoms with van der Waals surface area (Å²) < 4.78 is 31.7. The Bertz CT molecular complexity index is 1050. The number of carbonyl (C=O) groups is 3. The lowest BCUT2D eigenvalue weighted by Crippen LogP contribution is -2.51. The quantitative estimate of drug-likeness (QED) is 0.516. The van der Waals surface area contributed by atoms with Crippen LogP contribution in [0, 0.1) is 5.92 Å². The highest BCUT2D eigenvalue weighted by Crippen LogP contribution is 2.44. The molecular weight excluding hydrogens is 458 g/mol. The van der Waals surface area contributed by atoms with Crippen molar-refractivity contribution in [2.75, 3.05) is 6.61 Å². The SMILES string of the molecule is O=C(NC(CC(F)F)C(=O)N[C@@H]1CCC[C@@H](C(=O)O)C1)OCC1c2ccccc2-c2ccccc21. The highest BCUT2D eigenvalue weighted by atomic mass is 19.3. The number of nitrogens with one attached hydrogen (secondary N) is 2. The van der Waals surface area contributed by atoms with E-state index in [-0.39, 0.29) is 18.9 Å². The topological polar surface area (TPSA) is 105 Å². The van der Waals surface area contributed by atoms with Gasteiger partial charge in [-0.25, -0.2) is 13.6 Å². The van der Waals surface area contributed by atoms with E-state index in [9.17, 15) is 28.3 Å². The van der Waals surface area contributed by atoms with E-state index in [1.54, 1.807) is 0 Å². The van der Waals surface area contributed by atoms with Crippen LogP contribution in [0.3, 0.4) is 0 Å². The molecular formula is C26H28F2N2O5. The van der Waals surface area contributed by atoms with Crippen LogP contribution < -0.4 is 10.6 Å². The molecule has 2 aromatic rings. The Balaban J connectivity index is 1.38. The maximum absolute atomic E-state index is 13.2. The van der Waals surface area contributed by atoms with Gasteiger partial charge in [-0.15, -0.1) is 0 Å². The van der Waals surface area contributed by atoms with Gasteiger partial charge in [0.05, 0.1) is 5.92 Å². The summed E-state index contributed by atoms with van der Waals surface area (Å²) in [4.78, 5) is 36.5. The summed E-state index contributed by atoms with van der Waals surface area (Å²) in [6.45, 7) is -0.00814. The molecule has 1 saturated carbocycles. The van der Waals surface area contributed by atoms with Crippen molar-refractivity contribution < 1.29 is 33.0 Å². The Hall–Kier alpha value is -3.49. The molecule has 3 N–H and O–H groups in total. The zero-order valence-corrected chi connectivity index (χ0v) is 19.1. The molecule has 9 heteroatoms. The lowest BCUT2D eigenvalue weighted by Gasteiger charge is -2.29. The fourth-order valence-electron chi connectivity index (χ4n) is 5.04. The fraction of sp³-hybridized carbons (Fsp3) is 0.423. The number of fused-ring (bicyclic) bond motifs is 3. The predicted octanol–water partition coefficient (Wildman–Crippen LogP) is 4.31. The van der Waals surface area contributed by atoms with Gasteiger partial charge in [0.25, 0.3) is 0 Å². The Morgan fingerprint density at radius 3 is 2.23 bits per heavy atom. The van der Waals surface area contributed by atoms with E-state index < -0.39 is 48.8 Å². The number of hydrogen-bond acceptors (Lipinski definition) is 4. The second-order valence-corrected chi connectivity index (χ2v) is 9.06. The highest BCUT2D eigenvalue weighted by Gasteiger charge is 2.33. The number of aliphatic carboxylic acids is 1. The molecule has 2 aromatic carbocycles. The van der Waals surface area contributed by atoms with Crippen LogP contribution in [0.15, 0.2) is 48.5 Å². The van der Waals surface area contributed by atoms with Gasteiger partial charge in [-0.2, -0.15) is 0 Å². The number of halogens is 2. The number of alkyl halides is 2. The van der Waals surface area contributed by atoms with E-state index in [0.29, 0.717) is 19.3 Å². The summed E-state index contributed by atoms with van der Waals surface area (Å²) in [5.41, 5.74) is 4.13. The first-order valence-corrected chi connectivity index (χ1v) is 11.8. The molecule has 186 valence electrons. The molecule has 4 rings (SSSR count). The predicted molar refractivity (Wildman–Crippen MR) is 124 cm³/mol. The molecule has 2 amide bonds. The zero-order valence-electron chi connectivity index (χ0n) is 19.1. The molecule has 0 aromatic heterocycles. The summed E-state index contributed by atoms with van der Waals surface area (Å²) in [5.74, 6) is -2.50. The van der Waals surface area contributed by atoms with Crippen LogP contribution in [0.5, 0.6) is 0 Å². The summed E-state index contributed by atoms with van der Waals surface area (Å²) in [6.07, 6.45) is -2.74. The van der Waals surface area contributed by atoms with Gasteiger partial charge in [0.1, 0.15) is 12.6 Å². The lowest BCUT2D eigenvalue weighted by atomic mass is 9.85. The smallest absolute Gasteiger partial charge is 0.407 e. The Kier molecular flexibility index (Phi) is 7.63. The van der Waals surface area contributed by atoms with Crippen molar-refractivity contribution in [3.63, 3.8) is 0 Å². The van der Waals surface area contributed by atoms with Gasteiger partial charge < -0.3 is 20.5 Å². The summed E-state index contributed by atoms with van der Waals surface area (Å²) in [7, 11) is 0. The first-order chi connectivity index (χ1) is 16.8. The number of alkyl carbamates (subject to hydrolysis) is 1. The van der Waals surface area contributed by atoms with Gasteiger partial charge in [-0.05, 0) is 41.5 Å². The minimum atomic E-state index is -2.82. The molecule has 2 aliphatic rings. The van der Waals surface area contributed by atoms with Gasteiger partial charge in [0.2, 0.25) is 12.3 Å². The molecule has 0 aliphatic heterocycles. The van der Waals surface area contributed by atoms with Gasteiger partial charge in [-0.1, -0.05) is 55.0 Å². The van der Waals surface area contributed by atoms with Crippen LogP contribution in [0.2, 0.25) is 0 Å². The monoisotopic (exact) mass is 486 g/mol. The summed E-state index contributed by atoms with van der Waals surface area (Å²) in [5, 5.41) is 14.1. The number of rotatable bonds is 8. The average Bonchev–Trinajstić information content (AvgIpc) is 3.16. The second kappa shape index (κ2) is 10.8. The van der Waals surface area contributed by atoms with Crippen molar-refractivity contribution in [2.24, 2.45) is 5.92 Å². The third-order valence-electron chi connectivity index (χ3n) is 6.74. The number of benzene rings is 2. The number of hydrogen-bond donors (Lipinski definition) is 3. The molecule has 0 heterocycles. The van der Waals surface area contributed by atoms with E-state index in [1.807, 2.05) is 48.5 Å². The highest BCUT2D eigenvalue weighted by molar-refractivity contribution is 5.86. The van der Waals surface area contributed by atoms with Crippen LogP contribution in [-0.4, -0.2) is 48.2 Å². The third kappa shape index (κ3) is 5.78. The van der Waals surface area contributed by atoms with Crippen LogP contribution in [0.1, 0.15) is 49.1 Å². The van der Waals surface area contributed by atoms with Gasteiger partial charge in [0, 0.05) is 18.4 Å². The molecule has 3 atom stereocenters. The molecule has 1 fully saturated rings. The molecule has 0 saturated heterocycles. The maximum atomic E-state index is 13.2. The van der Waals surface area contributed by atoms with Crippen molar-refractivity contribution in [1.82, 2.24) is 10.6 Å². The number of carboxylic acid groups (broad SMARTS) is 1. The molecule has 2 aliphatic carbocycles. The number of carbonyl (C=O) groups excluding carboxylic acids is 2. The molecule has 7 nitrogen and oxygen atoms in total. The minimum absolute atomic E-state index is 0.00814. The lowest BCUT2D eigenvalue weighted by molar-refractivity contribution is -0.143. The molecule has 1 unspecified atom stereocenters. The van der Waals surface area contributed by atoms with Gasteiger partial charge >= 0.3 is 12.1 Å². The number of amides is 2. The van der Waals surface area contributed by atoms with Gasteiger partial charge in [0.15, 0.2) is 0 Å². The van der Waals surface area contributed by atoms with Crippen LogP contribution in [-0.2, 0) is 14.3 Å². The second-order valence-electron chi connectivity index (χ2n) is 9.06. The van der Waals surface area contributed by atoms with Gasteiger partial charge in [-0.3, -0.25) is 9.59 Å². The zero-order chi connectivity index (χ0) is 24.9. The van der Waals surface area contributed by atoms with E-state index in [4.69, 9.17) is 4.74 Å². The molecule has 35 heavy (non-hydrogen) atoms. The van der Waals surface area contributed by atoms with Crippen LogP contribution in [0.25, 0.3) is 11.1 Å². The average molecular weight is 487 g/mol. The van der Waals surface area contributed by atoms with Crippen LogP contribution in [0.4, 0.5) is 13.6 Å². The van der Waals surface area contributed by atoms with E-state index in [1.165, 1.54) is 0 Å². The first-order valence-electron chi connectivity index (χ1n) is 11.8. The maximum Gasteiger partial charge on any atom is 0.407 e. The molecule has 0 radical (unpaired) electrons. The Morgan fingerprint density at radius 1 is 1.00 bits per heavy atom. The standard InChI is InChI=1S/C26H28F2N2O5/c27-23(28)13-22(24(31)29-16-7-5-6-15(12-16)25(32)33)30-26(34)35-14-21-19-10-3-1-8-17(19)18-9-2-4-11-20(18)21/h1-4,8-11,15-16,21-23H,5-7,12-14H2,(H,29,31)(H,30,34)(H,32,33)/t15-,16-,22?/m1/s1. The fourth-order valence-corrected chi connectivity index (χ4v) is 5.04. The van der Waals surface area contributed by atoms with E-state index in [2.05, 4.69) is 10.6 Å². The Morgan fingerprint density at radius 2 is 1.63 bits per heavy atom. The van der Waals surface area contributed by atoms with Crippen molar-refractivity contribution >= 4 is 18.0 Å². The minimum Gasteiger partial charge on any atom is -0.481 e. The van der Waals surface area contributed by atoms with Crippen molar-refractivity contribution in [2.45, 2.75) is 56.5 Å². The van der Waals surface area contributed by atoms with Crippen molar-refractivity contribution in [3.8, 4) is 11.1 Å². The molecule has 0 spiro atoms. The first kappa shape index (κ1) is 24.6. The molecule has 0 bridgehead atoms. The largest absolute Gasteiger partial charge is 0.481 e. The number of carboxylic acids is 1. The van der Waals surface area contributed by atoms with Crippen molar-refractivity contribution in [3.05, 3.63) is 59.7 Å². The Labute approximate surface area is 201 Å². The van der Waals surface area contributed by atoms with E-state index in [0.717, 1.165) is 22.3 Å². The van der Waals surface area contributed by atoms with E-state index >= 15 is 0 Å². The third-order valence-corrected chi connectivity index (χ3v) is 6.74.